The number of ether oxygens (including phenoxy) is 2. The van der Waals surface area contributed by atoms with Gasteiger partial charge in [-0.1, -0.05) is 6.07 Å². The van der Waals surface area contributed by atoms with Gasteiger partial charge in [-0.2, -0.15) is 0 Å². The largest absolute Gasteiger partial charge is 0.454 e. The number of fused-ring (bicyclic) bond motifs is 1. The van der Waals surface area contributed by atoms with E-state index in [0.717, 1.165) is 28.3 Å². The normalized spacial score (nSPS) is 12.6. The Kier molecular flexibility index (Phi) is 3.07. The summed E-state index contributed by atoms with van der Waals surface area (Å²) < 4.78 is 25.9. The molecular weight excluding hydrogens is 281 g/mol. The Hall–Kier alpha value is -2.75. The Morgan fingerprint density at radius 3 is 2.73 bits per heavy atom. The lowest BCUT2D eigenvalue weighted by atomic mass is 10.1. The Morgan fingerprint density at radius 1 is 1.05 bits per heavy atom. The maximum absolute atomic E-state index is 13.1. The number of benzene rings is 2. The second-order valence-corrected chi connectivity index (χ2v) is 5.15. The van der Waals surface area contributed by atoms with Crippen LogP contribution < -0.4 is 9.47 Å². The average Bonchev–Trinajstić information content (AvgIpc) is 3.17. The van der Waals surface area contributed by atoms with Crippen LogP contribution in [-0.2, 0) is 6.54 Å². The molecule has 2 aromatic carbocycles. The Balaban J connectivity index is 1.64. The van der Waals surface area contributed by atoms with E-state index in [4.69, 9.17) is 9.47 Å². The van der Waals surface area contributed by atoms with E-state index in [0.29, 0.717) is 6.54 Å². The molecule has 0 bridgehead atoms. The summed E-state index contributed by atoms with van der Waals surface area (Å²) in [5, 5.41) is 0. The molecule has 0 saturated heterocycles. The molecule has 0 spiro atoms. The minimum atomic E-state index is -0.235. The summed E-state index contributed by atoms with van der Waals surface area (Å²) in [6, 6.07) is 17.4. The van der Waals surface area contributed by atoms with Crippen molar-refractivity contribution in [2.24, 2.45) is 0 Å². The number of hydrogen-bond acceptors (Lipinski definition) is 2. The number of rotatable bonds is 3. The lowest BCUT2D eigenvalue weighted by molar-refractivity contribution is 0.174. The van der Waals surface area contributed by atoms with E-state index in [-0.39, 0.29) is 12.6 Å². The first-order chi connectivity index (χ1) is 10.8. The quantitative estimate of drug-likeness (QED) is 0.732. The van der Waals surface area contributed by atoms with Crippen molar-refractivity contribution in [1.29, 1.82) is 0 Å². The van der Waals surface area contributed by atoms with Gasteiger partial charge in [0.2, 0.25) is 6.79 Å². The van der Waals surface area contributed by atoms with Crippen molar-refractivity contribution in [1.82, 2.24) is 4.57 Å². The molecule has 0 amide bonds. The maximum Gasteiger partial charge on any atom is 0.231 e. The van der Waals surface area contributed by atoms with Crippen molar-refractivity contribution in [2.75, 3.05) is 6.79 Å². The van der Waals surface area contributed by atoms with Gasteiger partial charge in [0, 0.05) is 24.5 Å². The van der Waals surface area contributed by atoms with Crippen LogP contribution in [-0.4, -0.2) is 11.4 Å². The molecule has 2 heterocycles. The van der Waals surface area contributed by atoms with Crippen molar-refractivity contribution in [3.63, 3.8) is 0 Å². The molecule has 0 unspecified atom stereocenters. The SMILES string of the molecule is Fc1ccc(-c2c[c]cn2Cc2ccc3c(c2)OCO3)cc1. The number of hydrogen-bond donors (Lipinski definition) is 0. The zero-order valence-electron chi connectivity index (χ0n) is 11.8. The smallest absolute Gasteiger partial charge is 0.231 e. The molecule has 22 heavy (non-hydrogen) atoms. The van der Waals surface area contributed by atoms with Crippen molar-refractivity contribution in [3.8, 4) is 22.8 Å². The van der Waals surface area contributed by atoms with Crippen LogP contribution in [0.25, 0.3) is 11.3 Å². The highest BCUT2D eigenvalue weighted by Gasteiger charge is 2.14. The van der Waals surface area contributed by atoms with Crippen molar-refractivity contribution < 1.29 is 13.9 Å². The first-order valence-electron chi connectivity index (χ1n) is 7.00. The number of halogens is 1. The molecule has 0 aliphatic carbocycles. The molecule has 0 N–H and O–H groups in total. The topological polar surface area (TPSA) is 23.4 Å². The van der Waals surface area contributed by atoms with Crippen molar-refractivity contribution >= 4 is 0 Å². The van der Waals surface area contributed by atoms with Gasteiger partial charge in [0.25, 0.3) is 0 Å². The predicted octanol–water partition coefficient (Wildman–Crippen LogP) is 3.87. The van der Waals surface area contributed by atoms with Gasteiger partial charge in [0.1, 0.15) is 5.82 Å². The molecule has 0 atom stereocenters. The monoisotopic (exact) mass is 294 g/mol. The molecule has 1 aliphatic rings. The molecule has 1 aromatic heterocycles. The summed E-state index contributed by atoms with van der Waals surface area (Å²) >= 11 is 0. The van der Waals surface area contributed by atoms with Gasteiger partial charge in [-0.05, 0) is 53.6 Å². The van der Waals surface area contributed by atoms with Gasteiger partial charge in [-0.25, -0.2) is 4.39 Å². The van der Waals surface area contributed by atoms with E-state index >= 15 is 0 Å². The van der Waals surface area contributed by atoms with Gasteiger partial charge < -0.3 is 14.0 Å². The summed E-state index contributed by atoms with van der Waals surface area (Å²) in [7, 11) is 0. The highest BCUT2D eigenvalue weighted by Crippen LogP contribution is 2.33. The summed E-state index contributed by atoms with van der Waals surface area (Å²) in [5.74, 6) is 1.32. The van der Waals surface area contributed by atoms with E-state index in [1.54, 1.807) is 12.1 Å². The van der Waals surface area contributed by atoms with E-state index in [1.165, 1.54) is 12.1 Å². The molecule has 3 nitrogen and oxygen atoms in total. The van der Waals surface area contributed by atoms with E-state index < -0.39 is 0 Å². The Labute approximate surface area is 127 Å². The minimum Gasteiger partial charge on any atom is -0.454 e. The zero-order chi connectivity index (χ0) is 14.9. The predicted molar refractivity (Wildman–Crippen MR) is 80.3 cm³/mol. The molecule has 1 aliphatic heterocycles. The zero-order valence-corrected chi connectivity index (χ0v) is 11.8. The van der Waals surface area contributed by atoms with Crippen LogP contribution in [0.15, 0.2) is 54.7 Å². The summed E-state index contributed by atoms with van der Waals surface area (Å²) in [4.78, 5) is 0. The first kappa shape index (κ1) is 13.0. The highest BCUT2D eigenvalue weighted by molar-refractivity contribution is 5.60. The second kappa shape index (κ2) is 5.22. The van der Waals surface area contributed by atoms with E-state index in [2.05, 4.69) is 10.6 Å². The van der Waals surface area contributed by atoms with Crippen molar-refractivity contribution in [3.05, 3.63) is 72.2 Å². The second-order valence-electron chi connectivity index (χ2n) is 5.15. The van der Waals surface area contributed by atoms with Crippen molar-refractivity contribution in [2.45, 2.75) is 6.54 Å². The van der Waals surface area contributed by atoms with E-state index in [1.807, 2.05) is 30.5 Å². The highest BCUT2D eigenvalue weighted by atomic mass is 19.1. The molecule has 3 aromatic rings. The fraction of sp³-hybridized carbons (Fsp3) is 0.111. The molecular formula is C18H13FNO2. The standard InChI is InChI=1S/C18H13FNO2/c19-15-6-4-14(5-7-15)16-2-1-9-20(16)11-13-3-8-17-18(10-13)22-12-21-17/h2-10H,11-12H2. The van der Waals surface area contributed by atoms with E-state index in [9.17, 15) is 4.39 Å². The third-order valence-electron chi connectivity index (χ3n) is 3.69. The van der Waals surface area contributed by atoms with Crippen LogP contribution in [0, 0.1) is 11.9 Å². The summed E-state index contributed by atoms with van der Waals surface area (Å²) in [6.07, 6.45) is 1.89. The summed E-state index contributed by atoms with van der Waals surface area (Å²) in [6.45, 7) is 0.962. The average molecular weight is 294 g/mol. The van der Waals surface area contributed by atoms with Gasteiger partial charge in [-0.3, -0.25) is 0 Å². The van der Waals surface area contributed by atoms with Gasteiger partial charge >= 0.3 is 0 Å². The lowest BCUT2D eigenvalue weighted by Gasteiger charge is -2.10. The van der Waals surface area contributed by atoms with Crippen LogP contribution >= 0.6 is 0 Å². The fourth-order valence-corrected chi connectivity index (χ4v) is 2.60. The van der Waals surface area contributed by atoms with Crippen LogP contribution in [0.4, 0.5) is 4.39 Å². The maximum atomic E-state index is 13.1. The Bertz CT molecular complexity index is 808. The minimum absolute atomic E-state index is 0.235. The third-order valence-corrected chi connectivity index (χ3v) is 3.69. The van der Waals surface area contributed by atoms with Gasteiger partial charge in [0.15, 0.2) is 11.5 Å². The van der Waals surface area contributed by atoms with Crippen LogP contribution in [0.5, 0.6) is 11.5 Å². The molecule has 0 saturated carbocycles. The Morgan fingerprint density at radius 2 is 1.86 bits per heavy atom. The number of nitrogens with zero attached hydrogens (tertiary/aromatic N) is 1. The molecule has 109 valence electrons. The molecule has 4 rings (SSSR count). The van der Waals surface area contributed by atoms with Crippen LogP contribution in [0.1, 0.15) is 5.56 Å². The molecule has 1 radical (unpaired) electrons. The number of aromatic nitrogens is 1. The summed E-state index contributed by atoms with van der Waals surface area (Å²) in [5.41, 5.74) is 3.07. The third kappa shape index (κ3) is 2.33. The molecule has 4 heteroatoms. The lowest BCUT2D eigenvalue weighted by Crippen LogP contribution is -2.00. The van der Waals surface area contributed by atoms with Gasteiger partial charge in [-0.15, -0.1) is 0 Å². The first-order valence-corrected chi connectivity index (χ1v) is 7.00. The van der Waals surface area contributed by atoms with Gasteiger partial charge in [0.05, 0.1) is 0 Å². The molecule has 0 fully saturated rings. The fourth-order valence-electron chi connectivity index (χ4n) is 2.60. The van der Waals surface area contributed by atoms with Crippen LogP contribution in [0.3, 0.4) is 0 Å². The van der Waals surface area contributed by atoms with Crippen LogP contribution in [0.2, 0.25) is 0 Å².